The van der Waals surface area contributed by atoms with Gasteiger partial charge >= 0.3 is 0 Å². The Morgan fingerprint density at radius 3 is 2.44 bits per heavy atom. The standard InChI is InChI=1S/C11H17NO3S/c1-2-9-7-11(13)12(8-9)10-3-5-16(14,15)6-4-10/h2,9-10H,1,3-8H2. The van der Waals surface area contributed by atoms with Crippen LogP contribution in [0.25, 0.3) is 0 Å². The Balaban J connectivity index is 1.99. The fourth-order valence-electron chi connectivity index (χ4n) is 2.46. The topological polar surface area (TPSA) is 54.5 Å². The molecule has 2 saturated heterocycles. The number of rotatable bonds is 2. The average molecular weight is 243 g/mol. The molecule has 1 atom stereocenters. The van der Waals surface area contributed by atoms with Crippen molar-refractivity contribution < 1.29 is 13.2 Å². The van der Waals surface area contributed by atoms with Gasteiger partial charge in [0.25, 0.3) is 0 Å². The van der Waals surface area contributed by atoms with Crippen LogP contribution in [-0.2, 0) is 14.6 Å². The Bertz CT molecular complexity index is 387. The van der Waals surface area contributed by atoms with E-state index in [1.54, 1.807) is 0 Å². The molecule has 5 heteroatoms. The average Bonchev–Trinajstić information content (AvgIpc) is 2.60. The summed E-state index contributed by atoms with van der Waals surface area (Å²) in [4.78, 5) is 13.6. The van der Waals surface area contributed by atoms with Gasteiger partial charge in [-0.1, -0.05) is 6.08 Å². The van der Waals surface area contributed by atoms with E-state index >= 15 is 0 Å². The molecular weight excluding hydrogens is 226 g/mol. The van der Waals surface area contributed by atoms with Gasteiger partial charge in [-0.3, -0.25) is 4.79 Å². The Labute approximate surface area is 96.2 Å². The quantitative estimate of drug-likeness (QED) is 0.667. The first-order valence-corrected chi connectivity index (χ1v) is 7.46. The summed E-state index contributed by atoms with van der Waals surface area (Å²) in [5.41, 5.74) is 0. The molecular formula is C11H17NO3S. The molecule has 0 aliphatic carbocycles. The smallest absolute Gasteiger partial charge is 0.223 e. The molecule has 0 bridgehead atoms. The van der Waals surface area contributed by atoms with E-state index in [0.717, 1.165) is 0 Å². The van der Waals surface area contributed by atoms with Crippen LogP contribution in [0.15, 0.2) is 12.7 Å². The highest BCUT2D eigenvalue weighted by molar-refractivity contribution is 7.91. The molecule has 0 spiro atoms. The van der Waals surface area contributed by atoms with Gasteiger partial charge in [-0.15, -0.1) is 6.58 Å². The SMILES string of the molecule is C=CC1CC(=O)N(C2CCS(=O)(=O)CC2)C1. The number of sulfone groups is 1. The Kier molecular flexibility index (Phi) is 3.06. The summed E-state index contributed by atoms with van der Waals surface area (Å²) in [6.45, 7) is 4.42. The molecule has 90 valence electrons. The van der Waals surface area contributed by atoms with E-state index in [0.29, 0.717) is 25.8 Å². The molecule has 1 amide bonds. The van der Waals surface area contributed by atoms with Crippen LogP contribution < -0.4 is 0 Å². The lowest BCUT2D eigenvalue weighted by atomic mass is 10.1. The summed E-state index contributed by atoms with van der Waals surface area (Å²) in [5.74, 6) is 0.834. The maximum Gasteiger partial charge on any atom is 0.223 e. The Morgan fingerprint density at radius 2 is 1.94 bits per heavy atom. The number of carbonyl (C=O) groups excluding carboxylic acids is 1. The zero-order valence-corrected chi connectivity index (χ0v) is 10.1. The van der Waals surface area contributed by atoms with Crippen molar-refractivity contribution in [3.63, 3.8) is 0 Å². The summed E-state index contributed by atoms with van der Waals surface area (Å²) in [6, 6.07) is 0.126. The van der Waals surface area contributed by atoms with Crippen molar-refractivity contribution in [2.45, 2.75) is 25.3 Å². The third kappa shape index (κ3) is 2.29. The van der Waals surface area contributed by atoms with Gasteiger partial charge < -0.3 is 4.90 Å². The summed E-state index contributed by atoms with van der Waals surface area (Å²) >= 11 is 0. The Hall–Kier alpha value is -0.840. The fourth-order valence-corrected chi connectivity index (χ4v) is 3.93. The molecule has 2 heterocycles. The molecule has 4 nitrogen and oxygen atoms in total. The van der Waals surface area contributed by atoms with Crippen molar-refractivity contribution in [3.05, 3.63) is 12.7 Å². The maximum atomic E-state index is 11.7. The van der Waals surface area contributed by atoms with E-state index in [1.165, 1.54) is 0 Å². The minimum Gasteiger partial charge on any atom is -0.339 e. The van der Waals surface area contributed by atoms with E-state index in [-0.39, 0.29) is 29.4 Å². The second-order valence-corrected chi connectivity index (χ2v) is 6.93. The van der Waals surface area contributed by atoms with Gasteiger partial charge in [-0.05, 0) is 12.8 Å². The van der Waals surface area contributed by atoms with Crippen LogP contribution in [0, 0.1) is 5.92 Å². The highest BCUT2D eigenvalue weighted by Gasteiger charge is 2.35. The van der Waals surface area contributed by atoms with E-state index < -0.39 is 9.84 Å². The molecule has 0 aromatic carbocycles. The number of hydrogen-bond donors (Lipinski definition) is 0. The van der Waals surface area contributed by atoms with Gasteiger partial charge in [-0.2, -0.15) is 0 Å². The van der Waals surface area contributed by atoms with Gasteiger partial charge in [0.15, 0.2) is 0 Å². The van der Waals surface area contributed by atoms with Crippen molar-refractivity contribution in [1.29, 1.82) is 0 Å². The van der Waals surface area contributed by atoms with Crippen LogP contribution in [0.5, 0.6) is 0 Å². The molecule has 2 fully saturated rings. The molecule has 0 aromatic heterocycles. The van der Waals surface area contributed by atoms with Gasteiger partial charge in [0, 0.05) is 24.9 Å². The number of likely N-dealkylation sites (tertiary alicyclic amines) is 1. The number of carbonyl (C=O) groups is 1. The van der Waals surface area contributed by atoms with Crippen LogP contribution in [0.4, 0.5) is 0 Å². The lowest BCUT2D eigenvalue weighted by molar-refractivity contribution is -0.129. The summed E-state index contributed by atoms with van der Waals surface area (Å²) < 4.78 is 22.6. The van der Waals surface area contributed by atoms with E-state index in [2.05, 4.69) is 6.58 Å². The van der Waals surface area contributed by atoms with Crippen LogP contribution in [-0.4, -0.2) is 43.3 Å². The molecule has 2 aliphatic rings. The van der Waals surface area contributed by atoms with Gasteiger partial charge in [0.1, 0.15) is 9.84 Å². The predicted molar refractivity (Wildman–Crippen MR) is 61.7 cm³/mol. The molecule has 0 saturated carbocycles. The first kappa shape index (κ1) is 11.6. The van der Waals surface area contributed by atoms with Crippen molar-refractivity contribution >= 4 is 15.7 Å². The highest BCUT2D eigenvalue weighted by Crippen LogP contribution is 2.26. The van der Waals surface area contributed by atoms with Crippen LogP contribution >= 0.6 is 0 Å². The first-order valence-electron chi connectivity index (χ1n) is 5.64. The molecule has 0 aromatic rings. The number of amides is 1. The third-order valence-electron chi connectivity index (χ3n) is 3.49. The molecule has 2 rings (SSSR count). The van der Waals surface area contributed by atoms with Gasteiger partial charge in [0.05, 0.1) is 11.5 Å². The second kappa shape index (κ2) is 4.20. The molecule has 2 aliphatic heterocycles. The van der Waals surface area contributed by atoms with Gasteiger partial charge in [-0.25, -0.2) is 8.42 Å². The molecule has 0 radical (unpaired) electrons. The van der Waals surface area contributed by atoms with Crippen molar-refractivity contribution in [2.24, 2.45) is 5.92 Å². The molecule has 16 heavy (non-hydrogen) atoms. The van der Waals surface area contributed by atoms with Crippen LogP contribution in [0.1, 0.15) is 19.3 Å². The van der Waals surface area contributed by atoms with E-state index in [9.17, 15) is 13.2 Å². The zero-order valence-electron chi connectivity index (χ0n) is 9.26. The Morgan fingerprint density at radius 1 is 1.31 bits per heavy atom. The van der Waals surface area contributed by atoms with E-state index in [4.69, 9.17) is 0 Å². The van der Waals surface area contributed by atoms with Crippen molar-refractivity contribution in [1.82, 2.24) is 4.90 Å². The maximum absolute atomic E-state index is 11.7. The first-order chi connectivity index (χ1) is 7.52. The lowest BCUT2D eigenvalue weighted by Gasteiger charge is -2.31. The minimum absolute atomic E-state index is 0.126. The summed E-state index contributed by atoms with van der Waals surface area (Å²) in [5, 5.41) is 0. The lowest BCUT2D eigenvalue weighted by Crippen LogP contribution is -2.42. The third-order valence-corrected chi connectivity index (χ3v) is 5.20. The van der Waals surface area contributed by atoms with Crippen molar-refractivity contribution in [3.8, 4) is 0 Å². The largest absolute Gasteiger partial charge is 0.339 e. The summed E-state index contributed by atoms with van der Waals surface area (Å²) in [7, 11) is -2.84. The summed E-state index contributed by atoms with van der Waals surface area (Å²) in [6.07, 6.45) is 3.54. The molecule has 0 N–H and O–H groups in total. The highest BCUT2D eigenvalue weighted by atomic mass is 32.2. The zero-order chi connectivity index (χ0) is 11.8. The normalized spacial score (nSPS) is 30.6. The fraction of sp³-hybridized carbons (Fsp3) is 0.727. The number of nitrogens with zero attached hydrogens (tertiary/aromatic N) is 1. The van der Waals surface area contributed by atoms with Gasteiger partial charge in [0.2, 0.25) is 5.91 Å². The van der Waals surface area contributed by atoms with Crippen molar-refractivity contribution in [2.75, 3.05) is 18.1 Å². The van der Waals surface area contributed by atoms with Crippen LogP contribution in [0.2, 0.25) is 0 Å². The minimum atomic E-state index is -2.84. The number of hydrogen-bond acceptors (Lipinski definition) is 3. The van der Waals surface area contributed by atoms with E-state index in [1.807, 2.05) is 11.0 Å². The second-order valence-electron chi connectivity index (χ2n) is 4.63. The van der Waals surface area contributed by atoms with Crippen LogP contribution in [0.3, 0.4) is 0 Å². The predicted octanol–water partition coefficient (Wildman–Crippen LogP) is 0.598. The monoisotopic (exact) mass is 243 g/mol. The molecule has 1 unspecified atom stereocenters.